The van der Waals surface area contributed by atoms with E-state index in [1.165, 1.54) is 21.6 Å². The topological polar surface area (TPSA) is 127 Å². The zero-order valence-corrected chi connectivity index (χ0v) is 18.8. The highest BCUT2D eigenvalue weighted by Gasteiger charge is 2.30. The number of aromatic nitrogens is 5. The van der Waals surface area contributed by atoms with Crippen molar-refractivity contribution in [3.8, 4) is 0 Å². The Labute approximate surface area is 198 Å². The summed E-state index contributed by atoms with van der Waals surface area (Å²) in [6.45, 7) is 2.50. The summed E-state index contributed by atoms with van der Waals surface area (Å²) in [4.78, 5) is 30.9. The van der Waals surface area contributed by atoms with Crippen molar-refractivity contribution in [1.29, 1.82) is 0 Å². The van der Waals surface area contributed by atoms with Gasteiger partial charge in [0.25, 0.3) is 12.3 Å². The molecule has 2 N–H and O–H groups in total. The number of amides is 1. The van der Waals surface area contributed by atoms with Crippen LogP contribution in [0.2, 0.25) is 0 Å². The van der Waals surface area contributed by atoms with Gasteiger partial charge in [0.2, 0.25) is 0 Å². The SMILES string of the molecule is O=C(Nc1cn(C2CCC(C(=O)O)CC2)nc1C(F)F)c1cnn2ccc(N3CCOCC3)nc12. The molecular weight excluding hydrogens is 464 g/mol. The summed E-state index contributed by atoms with van der Waals surface area (Å²) in [7, 11) is 0. The van der Waals surface area contributed by atoms with Crippen LogP contribution in [0.25, 0.3) is 5.65 Å². The number of hydrogen-bond donors (Lipinski definition) is 2. The first kappa shape index (κ1) is 23.1. The van der Waals surface area contributed by atoms with E-state index in [2.05, 4.69) is 20.5 Å². The largest absolute Gasteiger partial charge is 0.481 e. The van der Waals surface area contributed by atoms with E-state index < -0.39 is 29.9 Å². The number of fused-ring (bicyclic) bond motifs is 1. The van der Waals surface area contributed by atoms with Crippen LogP contribution in [0, 0.1) is 5.92 Å². The predicted octanol–water partition coefficient (Wildman–Crippen LogP) is 2.77. The van der Waals surface area contributed by atoms with Crippen LogP contribution in [0.4, 0.5) is 20.3 Å². The lowest BCUT2D eigenvalue weighted by Crippen LogP contribution is -2.36. The Hall–Kier alpha value is -3.61. The molecular formula is C22H25F2N7O4. The Morgan fingerprint density at radius 2 is 1.91 bits per heavy atom. The van der Waals surface area contributed by atoms with E-state index in [1.807, 2.05) is 4.90 Å². The highest BCUT2D eigenvalue weighted by atomic mass is 19.3. The highest BCUT2D eigenvalue weighted by molar-refractivity contribution is 6.08. The molecule has 186 valence electrons. The maximum absolute atomic E-state index is 13.7. The third-order valence-corrected chi connectivity index (χ3v) is 6.57. The molecule has 2 aliphatic rings. The van der Waals surface area contributed by atoms with E-state index in [0.717, 1.165) is 0 Å². The summed E-state index contributed by atoms with van der Waals surface area (Å²) in [6, 6.07) is 1.59. The molecule has 0 bridgehead atoms. The summed E-state index contributed by atoms with van der Waals surface area (Å²) in [5.74, 6) is -1.22. The van der Waals surface area contributed by atoms with Crippen LogP contribution in [-0.2, 0) is 9.53 Å². The van der Waals surface area contributed by atoms with Gasteiger partial charge in [0, 0.05) is 25.5 Å². The standard InChI is InChI=1S/C22H25F2N7O4/c23-19(24)18-16(12-31(28-18)14-3-1-13(2-4-14)22(33)34)26-21(32)15-11-25-30-6-5-17(27-20(15)30)29-7-9-35-10-8-29/h5-6,11-14,19H,1-4,7-10H2,(H,26,32)(H,33,34). The molecule has 35 heavy (non-hydrogen) atoms. The van der Waals surface area contributed by atoms with Gasteiger partial charge in [-0.1, -0.05) is 0 Å². The zero-order valence-electron chi connectivity index (χ0n) is 18.8. The van der Waals surface area contributed by atoms with Crippen LogP contribution in [0.15, 0.2) is 24.7 Å². The molecule has 0 spiro atoms. The second kappa shape index (κ2) is 9.56. The van der Waals surface area contributed by atoms with Crippen LogP contribution in [0.5, 0.6) is 0 Å². The van der Waals surface area contributed by atoms with E-state index in [-0.39, 0.29) is 17.3 Å². The monoisotopic (exact) mass is 489 g/mol. The van der Waals surface area contributed by atoms with E-state index in [0.29, 0.717) is 63.5 Å². The minimum atomic E-state index is -2.89. The number of carboxylic acid groups (broad SMARTS) is 1. The lowest BCUT2D eigenvalue weighted by atomic mass is 9.86. The maximum Gasteiger partial charge on any atom is 0.306 e. The number of nitrogens with zero attached hydrogens (tertiary/aromatic N) is 6. The quantitative estimate of drug-likeness (QED) is 0.541. The van der Waals surface area contributed by atoms with Gasteiger partial charge in [-0.25, -0.2) is 18.3 Å². The number of alkyl halides is 2. The van der Waals surface area contributed by atoms with E-state index >= 15 is 0 Å². The van der Waals surface area contributed by atoms with Crippen molar-refractivity contribution in [2.45, 2.75) is 38.2 Å². The first-order valence-electron chi connectivity index (χ1n) is 11.5. The molecule has 0 radical (unpaired) electrons. The molecule has 0 atom stereocenters. The van der Waals surface area contributed by atoms with Gasteiger partial charge in [-0.2, -0.15) is 10.2 Å². The van der Waals surface area contributed by atoms with Crippen molar-refractivity contribution in [2.24, 2.45) is 5.92 Å². The third kappa shape index (κ3) is 4.67. The Morgan fingerprint density at radius 3 is 2.60 bits per heavy atom. The van der Waals surface area contributed by atoms with Crippen molar-refractivity contribution >= 4 is 29.0 Å². The van der Waals surface area contributed by atoms with Crippen molar-refractivity contribution < 1.29 is 28.2 Å². The zero-order chi connectivity index (χ0) is 24.5. The highest BCUT2D eigenvalue weighted by Crippen LogP contribution is 2.35. The fourth-order valence-corrected chi connectivity index (χ4v) is 4.62. The van der Waals surface area contributed by atoms with Crippen LogP contribution >= 0.6 is 0 Å². The number of anilines is 2. The molecule has 0 unspecified atom stereocenters. The minimum Gasteiger partial charge on any atom is -0.481 e. The average Bonchev–Trinajstić information content (AvgIpc) is 3.49. The number of aliphatic carboxylic acids is 1. The number of nitrogens with one attached hydrogen (secondary N) is 1. The van der Waals surface area contributed by atoms with Crippen LogP contribution in [0.1, 0.15) is 54.2 Å². The third-order valence-electron chi connectivity index (χ3n) is 6.57. The number of hydrogen-bond acceptors (Lipinski definition) is 7. The van der Waals surface area contributed by atoms with E-state index in [1.54, 1.807) is 12.3 Å². The van der Waals surface area contributed by atoms with Crippen LogP contribution in [0.3, 0.4) is 0 Å². The molecule has 1 aliphatic heterocycles. The molecule has 0 aromatic carbocycles. The second-order valence-electron chi connectivity index (χ2n) is 8.72. The van der Waals surface area contributed by atoms with Gasteiger partial charge in [0.15, 0.2) is 11.3 Å². The van der Waals surface area contributed by atoms with Gasteiger partial charge in [0.1, 0.15) is 11.4 Å². The van der Waals surface area contributed by atoms with Gasteiger partial charge in [-0.05, 0) is 31.7 Å². The minimum absolute atomic E-state index is 0.0889. The fraction of sp³-hybridized carbons (Fsp3) is 0.500. The number of carbonyl (C=O) groups excluding carboxylic acids is 1. The number of ether oxygens (including phenoxy) is 1. The molecule has 1 aliphatic carbocycles. The van der Waals surface area contributed by atoms with E-state index in [4.69, 9.17) is 4.74 Å². The Morgan fingerprint density at radius 1 is 1.17 bits per heavy atom. The molecule has 3 aromatic heterocycles. The number of carboxylic acids is 1. The number of halogens is 2. The molecule has 11 nitrogen and oxygen atoms in total. The summed E-state index contributed by atoms with van der Waals surface area (Å²) < 4.78 is 35.7. The summed E-state index contributed by atoms with van der Waals surface area (Å²) in [6.07, 6.45) is 3.46. The van der Waals surface area contributed by atoms with Gasteiger partial charge >= 0.3 is 5.97 Å². The number of carbonyl (C=O) groups is 2. The maximum atomic E-state index is 13.7. The number of morpholine rings is 1. The second-order valence-corrected chi connectivity index (χ2v) is 8.72. The van der Waals surface area contributed by atoms with Crippen molar-refractivity contribution in [3.63, 3.8) is 0 Å². The molecule has 1 amide bonds. The predicted molar refractivity (Wildman–Crippen MR) is 120 cm³/mol. The van der Waals surface area contributed by atoms with Crippen molar-refractivity contribution in [3.05, 3.63) is 35.9 Å². The Balaban J connectivity index is 1.37. The molecule has 4 heterocycles. The molecule has 1 saturated carbocycles. The normalized spacial score (nSPS) is 20.9. The summed E-state index contributed by atoms with van der Waals surface area (Å²) >= 11 is 0. The van der Waals surface area contributed by atoms with Crippen molar-refractivity contribution in [1.82, 2.24) is 24.4 Å². The smallest absolute Gasteiger partial charge is 0.306 e. The Bertz CT molecular complexity index is 1230. The van der Waals surface area contributed by atoms with Gasteiger partial charge in [0.05, 0.1) is 37.1 Å². The number of rotatable bonds is 6. The van der Waals surface area contributed by atoms with Crippen LogP contribution in [-0.4, -0.2) is 67.7 Å². The average molecular weight is 489 g/mol. The van der Waals surface area contributed by atoms with Crippen molar-refractivity contribution in [2.75, 3.05) is 36.5 Å². The lowest BCUT2D eigenvalue weighted by molar-refractivity contribution is -0.143. The fourth-order valence-electron chi connectivity index (χ4n) is 4.62. The summed E-state index contributed by atoms with van der Waals surface area (Å²) in [5.41, 5.74) is -0.161. The molecule has 3 aromatic rings. The molecule has 1 saturated heterocycles. The summed E-state index contributed by atoms with van der Waals surface area (Å²) in [5, 5.41) is 19.9. The first-order valence-corrected chi connectivity index (χ1v) is 11.5. The van der Waals surface area contributed by atoms with E-state index in [9.17, 15) is 23.5 Å². The van der Waals surface area contributed by atoms with Gasteiger partial charge in [-0.3, -0.25) is 14.3 Å². The Kier molecular flexibility index (Phi) is 6.32. The molecule has 13 heteroatoms. The first-order chi connectivity index (χ1) is 16.9. The molecule has 2 fully saturated rings. The lowest BCUT2D eigenvalue weighted by Gasteiger charge is -2.27. The molecule has 5 rings (SSSR count). The van der Waals surface area contributed by atoms with Gasteiger partial charge in [-0.15, -0.1) is 0 Å². The van der Waals surface area contributed by atoms with Crippen LogP contribution < -0.4 is 10.2 Å². The van der Waals surface area contributed by atoms with Gasteiger partial charge < -0.3 is 20.1 Å².